The molecule has 8 heteroatoms. The van der Waals surface area contributed by atoms with E-state index in [1.165, 1.54) is 13.1 Å². The van der Waals surface area contributed by atoms with E-state index in [4.69, 9.17) is 0 Å². The van der Waals surface area contributed by atoms with Gasteiger partial charge in [-0.15, -0.1) is 11.3 Å². The molecule has 0 aliphatic rings. The fourth-order valence-electron chi connectivity index (χ4n) is 0.762. The standard InChI is InChI=1S/C7H9BrN2O3S2/c1-9-6(11)4-10-15(12,13)7-3-2-5(8)14-7/h2-3,10H,4H2,1H3,(H,9,11). The van der Waals surface area contributed by atoms with Crippen LogP contribution in [0, 0.1) is 0 Å². The van der Waals surface area contributed by atoms with Gasteiger partial charge in [0.05, 0.1) is 10.3 Å². The van der Waals surface area contributed by atoms with Crippen LogP contribution in [0.3, 0.4) is 0 Å². The third-order valence-electron chi connectivity index (χ3n) is 1.51. The maximum absolute atomic E-state index is 11.6. The number of nitrogens with one attached hydrogen (secondary N) is 2. The molecule has 0 radical (unpaired) electrons. The van der Waals surface area contributed by atoms with Crippen molar-refractivity contribution in [3.63, 3.8) is 0 Å². The summed E-state index contributed by atoms with van der Waals surface area (Å²) in [6.07, 6.45) is 0. The first kappa shape index (κ1) is 12.6. The maximum atomic E-state index is 11.6. The Morgan fingerprint density at radius 3 is 2.67 bits per heavy atom. The molecule has 0 aromatic carbocycles. The summed E-state index contributed by atoms with van der Waals surface area (Å²) in [5, 5.41) is 2.32. The molecule has 0 atom stereocenters. The second-order valence-electron chi connectivity index (χ2n) is 2.56. The van der Waals surface area contributed by atoms with Gasteiger partial charge in [0.15, 0.2) is 0 Å². The van der Waals surface area contributed by atoms with Crippen molar-refractivity contribution in [1.29, 1.82) is 0 Å². The summed E-state index contributed by atoms with van der Waals surface area (Å²) in [6.45, 7) is -0.256. The van der Waals surface area contributed by atoms with Crippen LogP contribution in [0.2, 0.25) is 0 Å². The Hall–Kier alpha value is -0.440. The second kappa shape index (κ2) is 5.06. The van der Waals surface area contributed by atoms with E-state index < -0.39 is 10.0 Å². The van der Waals surface area contributed by atoms with Crippen LogP contribution in [0.25, 0.3) is 0 Å². The zero-order chi connectivity index (χ0) is 11.5. The number of rotatable bonds is 4. The highest BCUT2D eigenvalue weighted by atomic mass is 79.9. The van der Waals surface area contributed by atoms with E-state index in [2.05, 4.69) is 26.0 Å². The molecule has 5 nitrogen and oxygen atoms in total. The van der Waals surface area contributed by atoms with Crippen molar-refractivity contribution >= 4 is 43.2 Å². The molecule has 0 saturated heterocycles. The predicted octanol–water partition coefficient (Wildman–Crippen LogP) is 0.535. The Bertz CT molecular complexity index is 455. The minimum absolute atomic E-state index is 0.179. The Morgan fingerprint density at radius 1 is 1.53 bits per heavy atom. The molecule has 1 aromatic heterocycles. The molecule has 2 N–H and O–H groups in total. The highest BCUT2D eigenvalue weighted by molar-refractivity contribution is 9.11. The van der Waals surface area contributed by atoms with Crippen molar-refractivity contribution < 1.29 is 13.2 Å². The highest BCUT2D eigenvalue weighted by Crippen LogP contribution is 2.25. The van der Waals surface area contributed by atoms with E-state index >= 15 is 0 Å². The van der Waals surface area contributed by atoms with E-state index in [-0.39, 0.29) is 16.7 Å². The van der Waals surface area contributed by atoms with E-state index in [9.17, 15) is 13.2 Å². The average molecular weight is 313 g/mol. The van der Waals surface area contributed by atoms with Crippen LogP contribution < -0.4 is 10.0 Å². The quantitative estimate of drug-likeness (QED) is 0.852. The van der Waals surface area contributed by atoms with Crippen molar-refractivity contribution in [3.8, 4) is 0 Å². The molecule has 0 saturated carbocycles. The molecule has 1 amide bonds. The first-order valence-electron chi connectivity index (χ1n) is 3.91. The molecule has 0 unspecified atom stereocenters. The van der Waals surface area contributed by atoms with Gasteiger partial charge in [-0.25, -0.2) is 13.1 Å². The lowest BCUT2D eigenvalue weighted by molar-refractivity contribution is -0.119. The third-order valence-corrected chi connectivity index (χ3v) is 5.03. The second-order valence-corrected chi connectivity index (χ2v) is 7.01. The van der Waals surface area contributed by atoms with E-state index in [1.807, 2.05) is 0 Å². The van der Waals surface area contributed by atoms with Crippen molar-refractivity contribution in [2.75, 3.05) is 13.6 Å². The van der Waals surface area contributed by atoms with Crippen LogP contribution in [0.4, 0.5) is 0 Å². The lowest BCUT2D eigenvalue weighted by Gasteiger charge is -2.02. The molecule has 1 heterocycles. The van der Waals surface area contributed by atoms with Gasteiger partial charge in [-0.1, -0.05) is 0 Å². The summed E-state index contributed by atoms with van der Waals surface area (Å²) in [4.78, 5) is 10.9. The van der Waals surface area contributed by atoms with Crippen LogP contribution in [0.1, 0.15) is 0 Å². The molecule has 1 rings (SSSR count). The summed E-state index contributed by atoms with van der Waals surface area (Å²) < 4.78 is 26.2. The Balaban J connectivity index is 2.72. The first-order valence-corrected chi connectivity index (χ1v) is 7.00. The van der Waals surface area contributed by atoms with Gasteiger partial charge in [0.2, 0.25) is 5.91 Å². The van der Waals surface area contributed by atoms with Gasteiger partial charge in [-0.2, -0.15) is 0 Å². The minimum atomic E-state index is -3.57. The number of likely N-dealkylation sites (N-methyl/N-ethyl adjacent to an activating group) is 1. The maximum Gasteiger partial charge on any atom is 0.250 e. The molecule has 0 spiro atoms. The fourth-order valence-corrected chi connectivity index (χ4v) is 3.80. The first-order chi connectivity index (χ1) is 6.95. The van der Waals surface area contributed by atoms with Crippen LogP contribution in [-0.2, 0) is 14.8 Å². The van der Waals surface area contributed by atoms with Crippen molar-refractivity contribution in [3.05, 3.63) is 15.9 Å². The van der Waals surface area contributed by atoms with E-state index in [1.54, 1.807) is 6.07 Å². The topological polar surface area (TPSA) is 75.3 Å². The summed E-state index contributed by atoms with van der Waals surface area (Å²) in [5.41, 5.74) is 0. The summed E-state index contributed by atoms with van der Waals surface area (Å²) >= 11 is 4.25. The smallest absolute Gasteiger partial charge is 0.250 e. The molecule has 0 aliphatic heterocycles. The normalized spacial score (nSPS) is 11.3. The number of carbonyl (C=O) groups excluding carboxylic acids is 1. The zero-order valence-electron chi connectivity index (χ0n) is 7.78. The number of amides is 1. The molecule has 0 aliphatic carbocycles. The SMILES string of the molecule is CNC(=O)CNS(=O)(=O)c1ccc(Br)s1. The number of sulfonamides is 1. The molecule has 0 bridgehead atoms. The van der Waals surface area contributed by atoms with Gasteiger partial charge < -0.3 is 5.32 Å². The van der Waals surface area contributed by atoms with Gasteiger partial charge in [-0.05, 0) is 28.1 Å². The number of hydrogen-bond acceptors (Lipinski definition) is 4. The average Bonchev–Trinajstić information content (AvgIpc) is 2.62. The highest BCUT2D eigenvalue weighted by Gasteiger charge is 2.16. The Labute approximate surface area is 100 Å². The van der Waals surface area contributed by atoms with E-state index in [0.717, 1.165) is 15.1 Å². The van der Waals surface area contributed by atoms with Gasteiger partial charge in [0.25, 0.3) is 10.0 Å². The lowest BCUT2D eigenvalue weighted by atomic mass is 10.6. The third kappa shape index (κ3) is 3.56. The molecule has 84 valence electrons. The molecule has 0 fully saturated rings. The monoisotopic (exact) mass is 312 g/mol. The fraction of sp³-hybridized carbons (Fsp3) is 0.286. The number of hydrogen-bond donors (Lipinski definition) is 2. The van der Waals surface area contributed by atoms with Gasteiger partial charge in [0, 0.05) is 7.05 Å². The van der Waals surface area contributed by atoms with Crippen molar-refractivity contribution in [2.24, 2.45) is 0 Å². The van der Waals surface area contributed by atoms with Gasteiger partial charge in [0.1, 0.15) is 4.21 Å². The summed E-state index contributed by atoms with van der Waals surface area (Å²) in [7, 11) is -2.12. The van der Waals surface area contributed by atoms with Crippen molar-refractivity contribution in [2.45, 2.75) is 4.21 Å². The van der Waals surface area contributed by atoms with Crippen LogP contribution in [0.15, 0.2) is 20.1 Å². The van der Waals surface area contributed by atoms with E-state index in [0.29, 0.717) is 0 Å². The number of carbonyl (C=O) groups is 1. The van der Waals surface area contributed by atoms with Crippen LogP contribution in [0.5, 0.6) is 0 Å². The summed E-state index contributed by atoms with van der Waals surface area (Å²) in [6, 6.07) is 3.11. The van der Waals surface area contributed by atoms with Gasteiger partial charge >= 0.3 is 0 Å². The number of thiophene rings is 1. The molecular weight excluding hydrogens is 304 g/mol. The van der Waals surface area contributed by atoms with Crippen LogP contribution in [-0.4, -0.2) is 27.9 Å². The Morgan fingerprint density at radius 2 is 2.20 bits per heavy atom. The van der Waals surface area contributed by atoms with Crippen LogP contribution >= 0.6 is 27.3 Å². The zero-order valence-corrected chi connectivity index (χ0v) is 11.0. The molecular formula is C7H9BrN2O3S2. The largest absolute Gasteiger partial charge is 0.358 e. The lowest BCUT2D eigenvalue weighted by Crippen LogP contribution is -2.34. The predicted molar refractivity (Wildman–Crippen MR) is 61.3 cm³/mol. The molecule has 15 heavy (non-hydrogen) atoms. The molecule has 1 aromatic rings. The summed E-state index contributed by atoms with van der Waals surface area (Å²) in [5.74, 6) is -0.380. The van der Waals surface area contributed by atoms with Crippen molar-refractivity contribution in [1.82, 2.24) is 10.0 Å². The van der Waals surface area contributed by atoms with Gasteiger partial charge in [-0.3, -0.25) is 4.79 Å². The Kier molecular flexibility index (Phi) is 4.26. The minimum Gasteiger partial charge on any atom is -0.358 e. The number of halogens is 1.